The fourth-order valence-corrected chi connectivity index (χ4v) is 1.63. The average Bonchev–Trinajstić information content (AvgIpc) is 2.14. The number of hydrogen-bond acceptors (Lipinski definition) is 2. The average molecular weight is 193 g/mol. The van der Waals surface area contributed by atoms with E-state index in [9.17, 15) is 0 Å². The van der Waals surface area contributed by atoms with Gasteiger partial charge >= 0.3 is 0 Å². The first-order chi connectivity index (χ1) is 3.83. The third kappa shape index (κ3) is 1.23. The lowest BCUT2D eigenvalue weighted by molar-refractivity contribution is 0.427. The van der Waals surface area contributed by atoms with Crippen LogP contribution >= 0.6 is 27.3 Å². The first kappa shape index (κ1) is 6.11. The van der Waals surface area contributed by atoms with Crippen molar-refractivity contribution in [1.82, 2.24) is 0 Å². The summed E-state index contributed by atoms with van der Waals surface area (Å²) >= 11 is 4.88. The summed E-state index contributed by atoms with van der Waals surface area (Å²) < 4.78 is 6.01. The Bertz CT molecular complexity index is 173. The standard InChI is InChI=1S/C5H5BrOS/c1-7-5-2-4(6)3-8-5/h2-3H,1H3. The zero-order chi connectivity index (χ0) is 5.98. The fourth-order valence-electron chi connectivity index (χ4n) is 0.402. The smallest absolute Gasteiger partial charge is 0.174 e. The van der Waals surface area contributed by atoms with E-state index < -0.39 is 0 Å². The minimum atomic E-state index is 0.942. The van der Waals surface area contributed by atoms with Crippen molar-refractivity contribution in [2.75, 3.05) is 7.11 Å². The van der Waals surface area contributed by atoms with E-state index in [4.69, 9.17) is 4.74 Å². The third-order valence-corrected chi connectivity index (χ3v) is 2.39. The van der Waals surface area contributed by atoms with Gasteiger partial charge in [0.2, 0.25) is 0 Å². The van der Waals surface area contributed by atoms with Crippen LogP contribution in [0.3, 0.4) is 0 Å². The van der Waals surface area contributed by atoms with Crippen LogP contribution in [0.15, 0.2) is 15.9 Å². The van der Waals surface area contributed by atoms with Crippen molar-refractivity contribution < 1.29 is 4.74 Å². The van der Waals surface area contributed by atoms with Crippen LogP contribution < -0.4 is 4.74 Å². The molecule has 0 amide bonds. The predicted molar refractivity (Wildman–Crippen MR) is 38.6 cm³/mol. The van der Waals surface area contributed by atoms with Gasteiger partial charge in [-0.2, -0.15) is 0 Å². The highest BCUT2D eigenvalue weighted by Crippen LogP contribution is 2.25. The van der Waals surface area contributed by atoms with Gasteiger partial charge in [0.25, 0.3) is 0 Å². The Kier molecular flexibility index (Phi) is 1.91. The molecule has 0 N–H and O–H groups in total. The summed E-state index contributed by atoms with van der Waals surface area (Å²) in [4.78, 5) is 0. The van der Waals surface area contributed by atoms with Gasteiger partial charge in [0.1, 0.15) is 0 Å². The second kappa shape index (κ2) is 2.51. The van der Waals surface area contributed by atoms with Crippen LogP contribution in [0.1, 0.15) is 0 Å². The number of rotatable bonds is 1. The summed E-state index contributed by atoms with van der Waals surface area (Å²) in [5, 5.41) is 2.93. The Balaban J connectivity index is 2.84. The van der Waals surface area contributed by atoms with Crippen LogP contribution in [-0.2, 0) is 0 Å². The number of halogens is 1. The molecule has 1 aromatic rings. The first-order valence-corrected chi connectivity index (χ1v) is 3.78. The molecule has 0 aliphatic rings. The summed E-state index contributed by atoms with van der Waals surface area (Å²) in [7, 11) is 1.66. The van der Waals surface area contributed by atoms with Gasteiger partial charge in [-0.25, -0.2) is 0 Å². The van der Waals surface area contributed by atoms with E-state index in [1.54, 1.807) is 18.4 Å². The molecular weight excluding hydrogens is 188 g/mol. The lowest BCUT2D eigenvalue weighted by Crippen LogP contribution is -1.73. The van der Waals surface area contributed by atoms with Crippen LogP contribution in [0.2, 0.25) is 0 Å². The highest BCUT2D eigenvalue weighted by atomic mass is 79.9. The zero-order valence-electron chi connectivity index (χ0n) is 4.35. The first-order valence-electron chi connectivity index (χ1n) is 2.11. The van der Waals surface area contributed by atoms with Gasteiger partial charge in [0.05, 0.1) is 7.11 Å². The highest BCUT2D eigenvalue weighted by molar-refractivity contribution is 9.10. The van der Waals surface area contributed by atoms with Crippen molar-refractivity contribution in [2.45, 2.75) is 0 Å². The van der Waals surface area contributed by atoms with Crippen molar-refractivity contribution in [3.8, 4) is 5.06 Å². The van der Waals surface area contributed by atoms with Crippen molar-refractivity contribution in [1.29, 1.82) is 0 Å². The molecular formula is C5H5BrOS. The van der Waals surface area contributed by atoms with Crippen LogP contribution in [0, 0.1) is 0 Å². The second-order valence-electron chi connectivity index (χ2n) is 1.29. The maximum absolute atomic E-state index is 4.92. The Morgan fingerprint density at radius 3 is 2.75 bits per heavy atom. The molecule has 0 fully saturated rings. The number of hydrogen-bond donors (Lipinski definition) is 0. The second-order valence-corrected chi connectivity index (χ2v) is 3.08. The topological polar surface area (TPSA) is 9.23 Å². The minimum absolute atomic E-state index is 0.942. The number of ether oxygens (including phenoxy) is 1. The fraction of sp³-hybridized carbons (Fsp3) is 0.200. The molecule has 0 bridgehead atoms. The molecule has 1 heterocycles. The van der Waals surface area contributed by atoms with Crippen LogP contribution in [0.25, 0.3) is 0 Å². The number of methoxy groups -OCH3 is 1. The lowest BCUT2D eigenvalue weighted by Gasteiger charge is -1.86. The van der Waals surface area contributed by atoms with E-state index in [1.165, 1.54) is 0 Å². The molecule has 0 unspecified atom stereocenters. The molecule has 1 rings (SSSR count). The van der Waals surface area contributed by atoms with E-state index in [2.05, 4.69) is 15.9 Å². The molecule has 0 aliphatic carbocycles. The maximum atomic E-state index is 4.92. The molecule has 1 aromatic heterocycles. The molecule has 0 spiro atoms. The molecule has 44 valence electrons. The van der Waals surface area contributed by atoms with Crippen LogP contribution in [-0.4, -0.2) is 7.11 Å². The SMILES string of the molecule is COc1cc(Br)cs1. The van der Waals surface area contributed by atoms with E-state index in [0.29, 0.717) is 0 Å². The molecule has 0 saturated heterocycles. The predicted octanol–water partition coefficient (Wildman–Crippen LogP) is 2.52. The summed E-state index contributed by atoms with van der Waals surface area (Å²) in [5.74, 6) is 0. The lowest BCUT2D eigenvalue weighted by atomic mass is 10.7. The summed E-state index contributed by atoms with van der Waals surface area (Å²) in [6, 6.07) is 1.94. The Morgan fingerprint density at radius 1 is 1.75 bits per heavy atom. The summed E-state index contributed by atoms with van der Waals surface area (Å²) in [6.45, 7) is 0. The van der Waals surface area contributed by atoms with Crippen LogP contribution in [0.5, 0.6) is 5.06 Å². The van der Waals surface area contributed by atoms with E-state index in [0.717, 1.165) is 9.54 Å². The molecule has 0 saturated carbocycles. The Hall–Kier alpha value is -0.0200. The molecule has 0 aliphatic heterocycles. The van der Waals surface area contributed by atoms with Gasteiger partial charge in [-0.05, 0) is 15.9 Å². The van der Waals surface area contributed by atoms with Gasteiger partial charge in [-0.15, -0.1) is 11.3 Å². The van der Waals surface area contributed by atoms with Gasteiger partial charge in [0, 0.05) is 15.9 Å². The third-order valence-electron chi connectivity index (χ3n) is 0.745. The quantitative estimate of drug-likeness (QED) is 0.665. The monoisotopic (exact) mass is 192 g/mol. The van der Waals surface area contributed by atoms with E-state index >= 15 is 0 Å². The number of thiophene rings is 1. The van der Waals surface area contributed by atoms with Crippen molar-refractivity contribution in [3.63, 3.8) is 0 Å². The highest BCUT2D eigenvalue weighted by Gasteiger charge is 1.92. The summed E-state index contributed by atoms with van der Waals surface area (Å²) in [6.07, 6.45) is 0. The largest absolute Gasteiger partial charge is 0.487 e. The molecule has 8 heavy (non-hydrogen) atoms. The Labute approximate surface area is 60.4 Å². The molecule has 0 atom stereocenters. The van der Waals surface area contributed by atoms with Crippen molar-refractivity contribution >= 4 is 27.3 Å². The molecule has 3 heteroatoms. The van der Waals surface area contributed by atoms with E-state index in [1.807, 2.05) is 11.4 Å². The minimum Gasteiger partial charge on any atom is -0.487 e. The van der Waals surface area contributed by atoms with E-state index in [-0.39, 0.29) is 0 Å². The van der Waals surface area contributed by atoms with Gasteiger partial charge in [-0.3, -0.25) is 0 Å². The summed E-state index contributed by atoms with van der Waals surface area (Å²) in [5.41, 5.74) is 0. The Morgan fingerprint density at radius 2 is 2.50 bits per heavy atom. The van der Waals surface area contributed by atoms with Crippen LogP contribution in [0.4, 0.5) is 0 Å². The van der Waals surface area contributed by atoms with Gasteiger partial charge < -0.3 is 4.74 Å². The molecule has 0 radical (unpaired) electrons. The van der Waals surface area contributed by atoms with Gasteiger partial charge in [-0.1, -0.05) is 0 Å². The zero-order valence-corrected chi connectivity index (χ0v) is 6.75. The maximum Gasteiger partial charge on any atom is 0.174 e. The normalized spacial score (nSPS) is 9.25. The van der Waals surface area contributed by atoms with Gasteiger partial charge in [0.15, 0.2) is 5.06 Å². The van der Waals surface area contributed by atoms with Crippen molar-refractivity contribution in [2.24, 2.45) is 0 Å². The van der Waals surface area contributed by atoms with Crippen molar-refractivity contribution in [3.05, 3.63) is 15.9 Å². The molecule has 0 aromatic carbocycles. The molecule has 1 nitrogen and oxygen atoms in total.